The molecule has 2 rings (SSSR count). The smallest absolute Gasteiger partial charge is 0.170 e. The Labute approximate surface area is 117 Å². The van der Waals surface area contributed by atoms with E-state index in [-0.39, 0.29) is 11.6 Å². The predicted octanol–water partition coefficient (Wildman–Crippen LogP) is 3.55. The molecule has 5 heteroatoms. The molecule has 1 atom stereocenters. The number of thiophene rings is 1. The Morgan fingerprint density at radius 2 is 2.24 bits per heavy atom. The summed E-state index contributed by atoms with van der Waals surface area (Å²) in [4.78, 5) is 0. The minimum atomic E-state index is -0.454. The van der Waals surface area contributed by atoms with Crippen molar-refractivity contribution in [2.45, 2.75) is 6.04 Å². The predicted molar refractivity (Wildman–Crippen MR) is 76.0 cm³/mol. The lowest BCUT2D eigenvalue weighted by Crippen LogP contribution is -2.13. The zero-order valence-electron chi connectivity index (χ0n) is 9.11. The van der Waals surface area contributed by atoms with Crippen LogP contribution in [0.5, 0.6) is 5.75 Å². The Balaban J connectivity index is 2.40. The Morgan fingerprint density at radius 3 is 2.82 bits per heavy atom. The monoisotopic (exact) mass is 363 g/mol. The van der Waals surface area contributed by atoms with Crippen molar-refractivity contribution in [2.24, 2.45) is 5.73 Å². The molecule has 2 nitrogen and oxygen atoms in total. The van der Waals surface area contributed by atoms with Gasteiger partial charge in [0.15, 0.2) is 11.6 Å². The van der Waals surface area contributed by atoms with Gasteiger partial charge in [-0.1, -0.05) is 12.1 Å². The Bertz CT molecular complexity index is 529. The summed E-state index contributed by atoms with van der Waals surface area (Å²) in [5.74, 6) is -0.161. The van der Waals surface area contributed by atoms with Crippen molar-refractivity contribution in [1.29, 1.82) is 0 Å². The minimum Gasteiger partial charge on any atom is -0.494 e. The molecule has 90 valence electrons. The normalized spacial score (nSPS) is 12.5. The standard InChI is InChI=1S/C12H11FINOS/c1-16-9-4-2-3-8(11(9)13)12(15)7-5-10(14)17-6-7/h2-6,12H,15H2,1H3. The molecule has 2 aromatic rings. The van der Waals surface area contributed by atoms with E-state index in [4.69, 9.17) is 10.5 Å². The number of hydrogen-bond donors (Lipinski definition) is 1. The van der Waals surface area contributed by atoms with Gasteiger partial charge in [-0.2, -0.15) is 0 Å². The average Bonchev–Trinajstić information content (AvgIpc) is 2.75. The molecule has 17 heavy (non-hydrogen) atoms. The fourth-order valence-corrected chi connectivity index (χ4v) is 3.00. The summed E-state index contributed by atoms with van der Waals surface area (Å²) in [7, 11) is 1.45. The second-order valence-electron chi connectivity index (χ2n) is 3.53. The van der Waals surface area contributed by atoms with Crippen molar-refractivity contribution in [1.82, 2.24) is 0 Å². The third kappa shape index (κ3) is 2.61. The molecule has 0 aliphatic heterocycles. The van der Waals surface area contributed by atoms with Crippen molar-refractivity contribution < 1.29 is 9.13 Å². The summed E-state index contributed by atoms with van der Waals surface area (Å²) < 4.78 is 20.1. The van der Waals surface area contributed by atoms with Crippen molar-refractivity contribution in [3.05, 3.63) is 49.5 Å². The first-order chi connectivity index (χ1) is 8.13. The highest BCUT2D eigenvalue weighted by Crippen LogP contribution is 2.30. The Kier molecular flexibility index (Phi) is 4.01. The molecular formula is C12H11FINOS. The van der Waals surface area contributed by atoms with Crippen molar-refractivity contribution in [2.75, 3.05) is 7.11 Å². The lowest BCUT2D eigenvalue weighted by atomic mass is 10.0. The molecule has 0 saturated heterocycles. The molecule has 0 saturated carbocycles. The molecule has 1 heterocycles. The Hall–Kier alpha value is -0.660. The van der Waals surface area contributed by atoms with Gasteiger partial charge < -0.3 is 10.5 Å². The second-order valence-corrected chi connectivity index (χ2v) is 6.33. The molecule has 0 aliphatic rings. The first-order valence-corrected chi connectivity index (χ1v) is 6.91. The van der Waals surface area contributed by atoms with Crippen molar-refractivity contribution in [3.8, 4) is 5.75 Å². The van der Waals surface area contributed by atoms with Gasteiger partial charge in [-0.3, -0.25) is 0 Å². The first kappa shape index (κ1) is 12.8. The highest BCUT2D eigenvalue weighted by Gasteiger charge is 2.17. The lowest BCUT2D eigenvalue weighted by Gasteiger charge is -2.13. The van der Waals surface area contributed by atoms with Crippen LogP contribution in [0.25, 0.3) is 0 Å². The fraction of sp³-hybridized carbons (Fsp3) is 0.167. The number of ether oxygens (including phenoxy) is 1. The van der Waals surface area contributed by atoms with Gasteiger partial charge in [0.05, 0.1) is 16.0 Å². The highest BCUT2D eigenvalue weighted by atomic mass is 127. The summed E-state index contributed by atoms with van der Waals surface area (Å²) in [5.41, 5.74) is 7.44. The second kappa shape index (κ2) is 5.32. The van der Waals surface area contributed by atoms with E-state index in [1.54, 1.807) is 29.5 Å². The number of halogens is 2. The van der Waals surface area contributed by atoms with E-state index in [0.717, 1.165) is 8.45 Å². The van der Waals surface area contributed by atoms with Crippen LogP contribution in [-0.4, -0.2) is 7.11 Å². The van der Waals surface area contributed by atoms with Gasteiger partial charge >= 0.3 is 0 Å². The van der Waals surface area contributed by atoms with Gasteiger partial charge in [0, 0.05) is 5.56 Å². The zero-order chi connectivity index (χ0) is 12.4. The van der Waals surface area contributed by atoms with Crippen LogP contribution in [-0.2, 0) is 0 Å². The van der Waals surface area contributed by atoms with E-state index in [1.165, 1.54) is 7.11 Å². The van der Waals surface area contributed by atoms with Crippen LogP contribution < -0.4 is 10.5 Å². The molecule has 0 radical (unpaired) electrons. The molecule has 2 N–H and O–H groups in total. The fourth-order valence-electron chi connectivity index (χ4n) is 1.59. The van der Waals surface area contributed by atoms with E-state index >= 15 is 0 Å². The molecule has 1 aromatic heterocycles. The summed E-state index contributed by atoms with van der Waals surface area (Å²) in [6.07, 6.45) is 0. The molecule has 0 fully saturated rings. The number of rotatable bonds is 3. The van der Waals surface area contributed by atoms with E-state index in [2.05, 4.69) is 22.6 Å². The maximum Gasteiger partial charge on any atom is 0.170 e. The zero-order valence-corrected chi connectivity index (χ0v) is 12.1. The molecular weight excluding hydrogens is 352 g/mol. The maximum atomic E-state index is 14.0. The highest BCUT2D eigenvalue weighted by molar-refractivity contribution is 14.1. The van der Waals surface area contributed by atoms with E-state index in [9.17, 15) is 4.39 Å². The summed E-state index contributed by atoms with van der Waals surface area (Å²) in [6, 6.07) is 6.53. The van der Waals surface area contributed by atoms with E-state index in [1.807, 2.05) is 11.4 Å². The molecule has 1 aromatic carbocycles. The number of methoxy groups -OCH3 is 1. The topological polar surface area (TPSA) is 35.2 Å². The average molecular weight is 363 g/mol. The summed E-state index contributed by atoms with van der Waals surface area (Å²) in [6.45, 7) is 0. The van der Waals surface area contributed by atoms with Crippen molar-refractivity contribution in [3.63, 3.8) is 0 Å². The molecule has 0 spiro atoms. The van der Waals surface area contributed by atoms with Gasteiger partial charge in [-0.05, 0) is 45.7 Å². The molecule has 0 amide bonds. The minimum absolute atomic E-state index is 0.225. The molecule has 1 unspecified atom stereocenters. The van der Waals surface area contributed by atoms with Gasteiger partial charge in [0.2, 0.25) is 0 Å². The van der Waals surface area contributed by atoms with Crippen LogP contribution in [0.1, 0.15) is 17.2 Å². The van der Waals surface area contributed by atoms with E-state index < -0.39 is 6.04 Å². The SMILES string of the molecule is COc1cccc(C(N)c2csc(I)c2)c1F. The van der Waals surface area contributed by atoms with Crippen LogP contribution in [0.2, 0.25) is 0 Å². The van der Waals surface area contributed by atoms with Crippen LogP contribution >= 0.6 is 33.9 Å². The van der Waals surface area contributed by atoms with Crippen LogP contribution in [0.3, 0.4) is 0 Å². The maximum absolute atomic E-state index is 14.0. The van der Waals surface area contributed by atoms with Crippen LogP contribution in [0.15, 0.2) is 29.6 Å². The van der Waals surface area contributed by atoms with Gasteiger partial charge in [-0.15, -0.1) is 11.3 Å². The van der Waals surface area contributed by atoms with Crippen LogP contribution in [0, 0.1) is 8.70 Å². The number of benzene rings is 1. The third-order valence-corrected chi connectivity index (χ3v) is 4.30. The van der Waals surface area contributed by atoms with Gasteiger partial charge in [-0.25, -0.2) is 4.39 Å². The van der Waals surface area contributed by atoms with Crippen molar-refractivity contribution >= 4 is 33.9 Å². The summed E-state index contributed by atoms with van der Waals surface area (Å²) >= 11 is 3.82. The Morgan fingerprint density at radius 1 is 1.47 bits per heavy atom. The third-order valence-electron chi connectivity index (χ3n) is 2.49. The lowest BCUT2D eigenvalue weighted by molar-refractivity contribution is 0.383. The van der Waals surface area contributed by atoms with Gasteiger partial charge in [0.25, 0.3) is 0 Å². The number of nitrogens with two attached hydrogens (primary N) is 1. The molecule has 0 bridgehead atoms. The first-order valence-electron chi connectivity index (χ1n) is 4.95. The summed E-state index contributed by atoms with van der Waals surface area (Å²) in [5, 5.41) is 1.95. The quantitative estimate of drug-likeness (QED) is 0.847. The largest absolute Gasteiger partial charge is 0.494 e. The van der Waals surface area contributed by atoms with Gasteiger partial charge in [0.1, 0.15) is 0 Å². The van der Waals surface area contributed by atoms with Crippen LogP contribution in [0.4, 0.5) is 4.39 Å². The van der Waals surface area contributed by atoms with E-state index in [0.29, 0.717) is 5.56 Å². The molecule has 0 aliphatic carbocycles. The number of hydrogen-bond acceptors (Lipinski definition) is 3.